The summed E-state index contributed by atoms with van der Waals surface area (Å²) in [5.74, 6) is -20.4. The molecule has 12 aromatic rings. The number of ketones is 4. The summed E-state index contributed by atoms with van der Waals surface area (Å²) < 4.78 is 40.6. The monoisotopic (exact) mass is 1700 g/mol. The number of carboxylic acids is 6. The Bertz CT molecular complexity index is 6220. The minimum atomic E-state index is -5.20. The van der Waals surface area contributed by atoms with Crippen molar-refractivity contribution < 1.29 is 131 Å². The number of ether oxygens (including phenoxy) is 4. The summed E-state index contributed by atoms with van der Waals surface area (Å²) in [6.45, 7) is 13.3. The maximum atomic E-state index is 12.8. The maximum absolute atomic E-state index is 12.8. The lowest BCUT2D eigenvalue weighted by atomic mass is 9.89. The van der Waals surface area contributed by atoms with Gasteiger partial charge < -0.3 is 101 Å². The molecule has 36 heteroatoms. The molecular weight excluding hydrogens is 1620 g/mol. The van der Waals surface area contributed by atoms with Gasteiger partial charge in [0.05, 0.1) is 72.3 Å². The van der Waals surface area contributed by atoms with Crippen LogP contribution in [0.3, 0.4) is 0 Å². The second kappa shape index (κ2) is 38.6. The van der Waals surface area contributed by atoms with Crippen molar-refractivity contribution >= 4 is 134 Å². The number of hydrogen-bond acceptors (Lipinski definition) is 19. The van der Waals surface area contributed by atoms with Gasteiger partial charge in [0.15, 0.2) is 6.10 Å². The van der Waals surface area contributed by atoms with Gasteiger partial charge in [-0.3, -0.25) is 47.7 Å². The zero-order chi connectivity index (χ0) is 90.5. The van der Waals surface area contributed by atoms with E-state index in [-0.39, 0.29) is 61.4 Å². The van der Waals surface area contributed by atoms with Gasteiger partial charge in [-0.2, -0.15) is 0 Å². The molecule has 0 spiro atoms. The molecule has 3 atom stereocenters. The number of nitrogens with zero attached hydrogens (tertiary/aromatic N) is 4. The van der Waals surface area contributed by atoms with Crippen molar-refractivity contribution in [1.29, 1.82) is 0 Å². The number of Topliss-reactive ketones (excluding diaryl/α,β-unsaturated/α-hetero) is 4. The average molecular weight is 1700 g/mol. The molecule has 0 radical (unpaired) electrons. The molecule has 4 heterocycles. The fourth-order valence-electron chi connectivity index (χ4n) is 13.8. The van der Waals surface area contributed by atoms with E-state index >= 15 is 0 Å². The molecule has 0 fully saturated rings. The Kier molecular flexibility index (Phi) is 28.7. The van der Waals surface area contributed by atoms with E-state index in [4.69, 9.17) is 57.2 Å². The highest BCUT2D eigenvalue weighted by Crippen LogP contribution is 2.46. The van der Waals surface area contributed by atoms with Gasteiger partial charge in [-0.25, -0.2) is 24.0 Å². The van der Waals surface area contributed by atoms with Crippen molar-refractivity contribution in [2.24, 2.45) is 28.3 Å². The largest absolute Gasteiger partial charge is 0.481 e. The Balaban J connectivity index is 0.000000186. The maximum Gasteiger partial charge on any atom is 0.377 e. The first-order valence-electron chi connectivity index (χ1n) is 37.0. The van der Waals surface area contributed by atoms with Gasteiger partial charge in [0.2, 0.25) is 6.10 Å². The van der Waals surface area contributed by atoms with Crippen molar-refractivity contribution in [3.8, 4) is 23.0 Å². The van der Waals surface area contributed by atoms with Crippen LogP contribution in [0.25, 0.3) is 43.6 Å². The molecule has 0 aliphatic carbocycles. The van der Waals surface area contributed by atoms with E-state index in [1.165, 1.54) is 30.3 Å². The number of carbonyl (C=O) groups excluding carboxylic acids is 8. The molecule has 0 bridgehead atoms. The molecule has 0 aliphatic rings. The predicted molar refractivity (Wildman–Crippen MR) is 443 cm³/mol. The van der Waals surface area contributed by atoms with E-state index in [2.05, 4.69) is 0 Å². The van der Waals surface area contributed by atoms with Gasteiger partial charge in [-0.15, -0.1) is 0 Å². The van der Waals surface area contributed by atoms with Crippen LogP contribution in [0.5, 0.6) is 23.0 Å². The standard InChI is InChI=1S/C24H26N2O5.C22H20N2O7.C21H18N2O7.C20H19N2O8P/c1-14-18(20(27)22(25)28)19-16(26(14)13-15-9-6-5-7-10-15)11-8-12-17(19)31-21(23(29)30)24(2,3)4;1-12-18(20(27)21(23)28)19-14(24(12)11-13-6-3-2-4-7-13)8-5-9-15(19)31-16(22(29)30)10-17(25)26;1-11-15(17(24)19(22)25)16-13(23(11)10-12-6-3-2-4-7-12)8-5-9-14(16)30-18(20(26)27)21(28)29;1-11-15(17(23)18(21)24)16-13(22(11)10-12-6-3-2-4-7-12)8-5-9-14(16)30-20(19(25)26)31(27,28)29/h5-12,21H,13H2,1-4H3,(H2,25,28)(H,29,30);2-9,16H,10-11H2,1H3,(H2,23,28)(H,25,26)(H,29,30);2-9,18H,10H2,1H3,(H2,22,25)(H,26,27)(H,28,29);2-9,20H,10H2,1H3,(H2,21,24)(H,25,26)(H2,27,28,29). The summed E-state index contributed by atoms with van der Waals surface area (Å²) in [7, 11) is -5.20. The van der Waals surface area contributed by atoms with Crippen molar-refractivity contribution in [2.75, 3.05) is 0 Å². The third-order valence-corrected chi connectivity index (χ3v) is 20.3. The summed E-state index contributed by atoms with van der Waals surface area (Å²) in [5, 5.41) is 56.3. The SMILES string of the molecule is Cc1c(C(=O)C(N)=O)c2c(OC(C(=O)O)C(=O)O)cccc2n1Cc1ccccc1.Cc1c(C(=O)C(N)=O)c2c(OC(C(=O)O)C(C)(C)C)cccc2n1Cc1ccccc1.Cc1c(C(=O)C(N)=O)c2c(OC(C(=O)O)P(=O)(O)O)cccc2n1Cc1ccccc1.Cc1c(C(=O)C(N)=O)c2c(OC(CC(=O)O)C(=O)O)cccc2n1Cc1ccccc1. The van der Waals surface area contributed by atoms with Crippen molar-refractivity contribution in [1.82, 2.24) is 18.3 Å². The Morgan fingerprint density at radius 2 is 0.602 bits per heavy atom. The van der Waals surface area contributed by atoms with E-state index < -0.39 is 126 Å². The zero-order valence-electron chi connectivity index (χ0n) is 66.7. The molecule has 0 saturated carbocycles. The number of rotatable bonds is 32. The first-order valence-corrected chi connectivity index (χ1v) is 38.7. The van der Waals surface area contributed by atoms with Gasteiger partial charge >= 0.3 is 43.4 Å². The smallest absolute Gasteiger partial charge is 0.377 e. The highest BCUT2D eigenvalue weighted by atomic mass is 31.2. The van der Waals surface area contributed by atoms with Crippen molar-refractivity contribution in [3.63, 3.8) is 0 Å². The van der Waals surface area contributed by atoms with E-state index in [1.807, 2.05) is 132 Å². The molecule has 12 rings (SSSR count). The highest BCUT2D eigenvalue weighted by molar-refractivity contribution is 7.53. The number of primary amides is 4. The summed E-state index contributed by atoms with van der Waals surface area (Å²) >= 11 is 0. The molecule has 0 aliphatic heterocycles. The summed E-state index contributed by atoms with van der Waals surface area (Å²) in [6, 6.07) is 56.4. The minimum Gasteiger partial charge on any atom is -0.481 e. The van der Waals surface area contributed by atoms with Crippen LogP contribution in [0.4, 0.5) is 0 Å². The Morgan fingerprint density at radius 3 is 0.821 bits per heavy atom. The van der Waals surface area contributed by atoms with Crippen molar-refractivity contribution in [2.45, 2.75) is 105 Å². The van der Waals surface area contributed by atoms with Gasteiger partial charge in [-0.1, -0.05) is 166 Å². The third-order valence-electron chi connectivity index (χ3n) is 19.4. The molecule has 0 saturated heterocycles. The van der Waals surface area contributed by atoms with Gasteiger partial charge in [0, 0.05) is 54.4 Å². The fourth-order valence-corrected chi connectivity index (χ4v) is 14.3. The van der Waals surface area contributed by atoms with E-state index in [9.17, 15) is 96.8 Å². The highest BCUT2D eigenvalue weighted by Gasteiger charge is 2.41. The van der Waals surface area contributed by atoms with Gasteiger partial charge in [0.1, 0.15) is 23.0 Å². The van der Waals surface area contributed by atoms with Crippen LogP contribution < -0.4 is 41.9 Å². The second-order valence-electron chi connectivity index (χ2n) is 28.8. The number of aliphatic carboxylic acids is 6. The summed E-state index contributed by atoms with van der Waals surface area (Å²) in [5.41, 5.74) is 27.8. The molecule has 35 nitrogen and oxygen atoms in total. The quantitative estimate of drug-likeness (QED) is 0.00811. The molecule has 16 N–H and O–H groups in total. The number of carboxylic acid groups (broad SMARTS) is 6. The zero-order valence-corrected chi connectivity index (χ0v) is 67.6. The third kappa shape index (κ3) is 20.9. The molecule has 123 heavy (non-hydrogen) atoms. The normalized spacial score (nSPS) is 11.9. The van der Waals surface area contributed by atoms with Crippen LogP contribution in [-0.2, 0) is 78.7 Å². The lowest BCUT2D eigenvalue weighted by Gasteiger charge is -2.28. The number of amides is 4. The number of nitrogens with two attached hydrogens (primary N) is 4. The minimum absolute atomic E-state index is 0.00602. The van der Waals surface area contributed by atoms with Crippen LogP contribution in [0.1, 0.15) is 114 Å². The lowest BCUT2D eigenvalue weighted by molar-refractivity contribution is -0.159. The Morgan fingerprint density at radius 1 is 0.341 bits per heavy atom. The molecule has 4 amide bonds. The molecule has 8 aromatic carbocycles. The van der Waals surface area contributed by atoms with Crippen LogP contribution in [-0.4, -0.2) is 165 Å². The first-order chi connectivity index (χ1) is 58.0. The Labute approximate surface area is 697 Å². The number of benzene rings is 8. The van der Waals surface area contributed by atoms with E-state index in [1.54, 1.807) is 98.6 Å². The van der Waals surface area contributed by atoms with Crippen LogP contribution in [0.15, 0.2) is 194 Å². The fraction of sp³-hybridized carbons (Fsp3) is 0.195. The van der Waals surface area contributed by atoms with E-state index in [0.29, 0.717) is 76.4 Å². The second-order valence-corrected chi connectivity index (χ2v) is 30.5. The molecular formula is C87H83N8O27P. The van der Waals surface area contributed by atoms with Gasteiger partial charge in [0.25, 0.3) is 58.7 Å². The first kappa shape index (κ1) is 91.5. The summed E-state index contributed by atoms with van der Waals surface area (Å²) in [4.78, 5) is 184. The number of aromatic nitrogens is 4. The number of carbonyl (C=O) groups is 14. The average Bonchev–Trinajstić information content (AvgIpc) is 1.62. The van der Waals surface area contributed by atoms with Crippen LogP contribution in [0.2, 0.25) is 0 Å². The molecule has 4 aromatic heterocycles. The van der Waals surface area contributed by atoms with Crippen LogP contribution >= 0.6 is 7.60 Å². The van der Waals surface area contributed by atoms with E-state index in [0.717, 1.165) is 22.3 Å². The number of fused-ring (bicyclic) bond motifs is 4. The summed E-state index contributed by atoms with van der Waals surface area (Å²) in [6.07, 6.45) is -5.82. The molecule has 638 valence electrons. The van der Waals surface area contributed by atoms with Crippen LogP contribution in [0, 0.1) is 33.1 Å². The lowest BCUT2D eigenvalue weighted by Crippen LogP contribution is -2.39. The van der Waals surface area contributed by atoms with Gasteiger partial charge in [-0.05, 0) is 98.5 Å². The van der Waals surface area contributed by atoms with Crippen molar-refractivity contribution in [3.05, 3.63) is 261 Å². The number of hydrogen-bond donors (Lipinski definition) is 12. The predicted octanol–water partition coefficient (Wildman–Crippen LogP) is 8.73. The topological polar surface area (TPSA) is 579 Å². The molecule has 3 unspecified atom stereocenters. The Hall–Kier alpha value is -15.4.